The molecule has 0 atom stereocenters. The number of nitrogens with two attached hydrogens (primary N) is 1. The minimum Gasteiger partial charge on any atom is -0.479 e. The van der Waals surface area contributed by atoms with Crippen molar-refractivity contribution in [2.45, 2.75) is 32.7 Å². The SMILES string of the molecule is CCC(CC)NC(=O)COc1c(N)cccc1F. The molecule has 1 amide bonds. The Hall–Kier alpha value is -1.78. The van der Waals surface area contributed by atoms with Crippen LogP contribution in [0.3, 0.4) is 0 Å². The summed E-state index contributed by atoms with van der Waals surface area (Å²) in [5.41, 5.74) is 5.75. The first-order chi connectivity index (χ1) is 8.58. The molecule has 0 radical (unpaired) electrons. The summed E-state index contributed by atoms with van der Waals surface area (Å²) in [6.07, 6.45) is 1.70. The predicted octanol–water partition coefficient (Wildman–Crippen LogP) is 2.09. The van der Waals surface area contributed by atoms with Crippen molar-refractivity contribution >= 4 is 11.6 Å². The summed E-state index contributed by atoms with van der Waals surface area (Å²) < 4.78 is 18.5. The number of ether oxygens (including phenoxy) is 1. The van der Waals surface area contributed by atoms with E-state index in [1.165, 1.54) is 18.2 Å². The number of hydrogen-bond donors (Lipinski definition) is 2. The Morgan fingerprint density at radius 1 is 1.44 bits per heavy atom. The minimum absolute atomic E-state index is 0.0720. The van der Waals surface area contributed by atoms with E-state index in [0.717, 1.165) is 12.8 Å². The van der Waals surface area contributed by atoms with Crippen LogP contribution in [0.15, 0.2) is 18.2 Å². The third kappa shape index (κ3) is 3.91. The molecule has 18 heavy (non-hydrogen) atoms. The molecule has 4 nitrogen and oxygen atoms in total. The third-order valence-electron chi connectivity index (χ3n) is 2.70. The van der Waals surface area contributed by atoms with Crippen LogP contribution in [-0.4, -0.2) is 18.6 Å². The van der Waals surface area contributed by atoms with Gasteiger partial charge < -0.3 is 15.8 Å². The molecule has 3 N–H and O–H groups in total. The third-order valence-corrected chi connectivity index (χ3v) is 2.70. The Kier molecular flexibility index (Phi) is 5.42. The van der Waals surface area contributed by atoms with Gasteiger partial charge in [-0.3, -0.25) is 4.79 Å². The Balaban J connectivity index is 2.52. The van der Waals surface area contributed by atoms with Crippen LogP contribution >= 0.6 is 0 Å². The zero-order valence-corrected chi connectivity index (χ0v) is 10.7. The van der Waals surface area contributed by atoms with Crippen LogP contribution in [-0.2, 0) is 4.79 Å². The van der Waals surface area contributed by atoms with Gasteiger partial charge in [0.2, 0.25) is 0 Å². The van der Waals surface area contributed by atoms with E-state index in [1.807, 2.05) is 13.8 Å². The molecule has 0 heterocycles. The van der Waals surface area contributed by atoms with Crippen LogP contribution in [0.5, 0.6) is 5.75 Å². The van der Waals surface area contributed by atoms with Gasteiger partial charge in [-0.2, -0.15) is 0 Å². The monoisotopic (exact) mass is 254 g/mol. The highest BCUT2D eigenvalue weighted by atomic mass is 19.1. The normalized spacial score (nSPS) is 10.4. The molecule has 0 saturated carbocycles. The van der Waals surface area contributed by atoms with Crippen molar-refractivity contribution in [1.29, 1.82) is 0 Å². The highest BCUT2D eigenvalue weighted by molar-refractivity contribution is 5.78. The van der Waals surface area contributed by atoms with E-state index in [4.69, 9.17) is 10.5 Å². The second-order valence-corrected chi connectivity index (χ2v) is 4.03. The Labute approximate surface area is 106 Å². The summed E-state index contributed by atoms with van der Waals surface area (Å²) in [7, 11) is 0. The van der Waals surface area contributed by atoms with Crippen LogP contribution in [0.25, 0.3) is 0 Å². The van der Waals surface area contributed by atoms with Crippen molar-refractivity contribution in [3.63, 3.8) is 0 Å². The number of rotatable bonds is 6. The van der Waals surface area contributed by atoms with Gasteiger partial charge in [-0.25, -0.2) is 4.39 Å². The predicted molar refractivity (Wildman–Crippen MR) is 68.8 cm³/mol. The number of nitrogens with one attached hydrogen (secondary N) is 1. The highest BCUT2D eigenvalue weighted by Crippen LogP contribution is 2.24. The lowest BCUT2D eigenvalue weighted by molar-refractivity contribution is -0.123. The number of halogens is 1. The molecule has 5 heteroatoms. The fourth-order valence-electron chi connectivity index (χ4n) is 1.58. The Bertz CT molecular complexity index is 386. The summed E-state index contributed by atoms with van der Waals surface area (Å²) in [4.78, 5) is 11.6. The van der Waals surface area contributed by atoms with Crippen LogP contribution in [0.4, 0.5) is 10.1 Å². The van der Waals surface area contributed by atoms with Crippen LogP contribution in [0.2, 0.25) is 0 Å². The number of anilines is 1. The lowest BCUT2D eigenvalue weighted by atomic mass is 10.2. The van der Waals surface area contributed by atoms with Crippen molar-refractivity contribution in [3.8, 4) is 5.75 Å². The summed E-state index contributed by atoms with van der Waals surface area (Å²) in [6, 6.07) is 4.38. The van der Waals surface area contributed by atoms with E-state index in [1.54, 1.807) is 0 Å². The fraction of sp³-hybridized carbons (Fsp3) is 0.462. The molecule has 0 aliphatic carbocycles. The minimum atomic E-state index is -0.565. The van der Waals surface area contributed by atoms with E-state index >= 15 is 0 Å². The van der Waals surface area contributed by atoms with Gasteiger partial charge in [0.25, 0.3) is 5.91 Å². The number of para-hydroxylation sites is 1. The van der Waals surface area contributed by atoms with Gasteiger partial charge in [0.1, 0.15) is 0 Å². The first-order valence-corrected chi connectivity index (χ1v) is 6.04. The van der Waals surface area contributed by atoms with E-state index in [2.05, 4.69) is 5.32 Å². The molecule has 1 rings (SSSR count). The van der Waals surface area contributed by atoms with Crippen molar-refractivity contribution in [2.75, 3.05) is 12.3 Å². The molecular formula is C13H19FN2O2. The largest absolute Gasteiger partial charge is 0.479 e. The van der Waals surface area contributed by atoms with E-state index in [9.17, 15) is 9.18 Å². The van der Waals surface area contributed by atoms with Crippen LogP contribution in [0.1, 0.15) is 26.7 Å². The lowest BCUT2D eigenvalue weighted by Gasteiger charge is -2.15. The maximum absolute atomic E-state index is 13.4. The van der Waals surface area contributed by atoms with Gasteiger partial charge in [-0.15, -0.1) is 0 Å². The number of benzene rings is 1. The van der Waals surface area contributed by atoms with Gasteiger partial charge in [-0.1, -0.05) is 19.9 Å². The van der Waals surface area contributed by atoms with E-state index in [0.29, 0.717) is 0 Å². The maximum atomic E-state index is 13.4. The number of carbonyl (C=O) groups excluding carboxylic acids is 1. The molecule has 0 aliphatic rings. The van der Waals surface area contributed by atoms with Crippen LogP contribution < -0.4 is 15.8 Å². The van der Waals surface area contributed by atoms with E-state index < -0.39 is 5.82 Å². The first kappa shape index (κ1) is 14.3. The summed E-state index contributed by atoms with van der Waals surface area (Å²) in [5.74, 6) is -0.908. The van der Waals surface area contributed by atoms with Crippen molar-refractivity contribution in [2.24, 2.45) is 0 Å². The summed E-state index contributed by atoms with van der Waals surface area (Å²) in [6.45, 7) is 3.75. The number of nitrogen functional groups attached to an aromatic ring is 1. The fourth-order valence-corrected chi connectivity index (χ4v) is 1.58. The average Bonchev–Trinajstić information content (AvgIpc) is 2.35. The van der Waals surface area contributed by atoms with Gasteiger partial charge in [0, 0.05) is 6.04 Å². The molecule has 0 spiro atoms. The van der Waals surface area contributed by atoms with E-state index in [-0.39, 0.29) is 30.0 Å². The van der Waals surface area contributed by atoms with Gasteiger partial charge in [0.15, 0.2) is 18.2 Å². The second kappa shape index (κ2) is 6.83. The van der Waals surface area contributed by atoms with Gasteiger partial charge in [0.05, 0.1) is 5.69 Å². The molecule has 1 aromatic carbocycles. The highest BCUT2D eigenvalue weighted by Gasteiger charge is 2.12. The van der Waals surface area contributed by atoms with Gasteiger partial charge in [-0.05, 0) is 25.0 Å². The quantitative estimate of drug-likeness (QED) is 0.764. The second-order valence-electron chi connectivity index (χ2n) is 4.03. The zero-order valence-electron chi connectivity index (χ0n) is 10.7. The topological polar surface area (TPSA) is 64.3 Å². The standard InChI is InChI=1S/C13H19FN2O2/c1-3-9(4-2)16-12(17)8-18-13-10(14)6-5-7-11(13)15/h5-7,9H,3-4,8,15H2,1-2H3,(H,16,17). The Morgan fingerprint density at radius 2 is 2.11 bits per heavy atom. The first-order valence-electron chi connectivity index (χ1n) is 6.04. The number of carbonyl (C=O) groups is 1. The zero-order chi connectivity index (χ0) is 13.5. The average molecular weight is 254 g/mol. The summed E-state index contributed by atoms with van der Waals surface area (Å²) in [5, 5.41) is 2.80. The number of amides is 1. The molecule has 0 aromatic heterocycles. The molecular weight excluding hydrogens is 235 g/mol. The molecule has 0 bridgehead atoms. The molecule has 0 fully saturated rings. The van der Waals surface area contributed by atoms with Crippen molar-refractivity contribution in [1.82, 2.24) is 5.32 Å². The maximum Gasteiger partial charge on any atom is 0.258 e. The summed E-state index contributed by atoms with van der Waals surface area (Å²) >= 11 is 0. The smallest absolute Gasteiger partial charge is 0.258 e. The Morgan fingerprint density at radius 3 is 2.67 bits per heavy atom. The van der Waals surface area contributed by atoms with Crippen LogP contribution in [0, 0.1) is 5.82 Å². The molecule has 0 aliphatic heterocycles. The molecule has 0 unspecified atom stereocenters. The van der Waals surface area contributed by atoms with Crippen molar-refractivity contribution < 1.29 is 13.9 Å². The molecule has 0 saturated heterocycles. The molecule has 1 aromatic rings. The lowest BCUT2D eigenvalue weighted by Crippen LogP contribution is -2.37. The van der Waals surface area contributed by atoms with Crippen molar-refractivity contribution in [3.05, 3.63) is 24.0 Å². The molecule has 100 valence electrons. The van der Waals surface area contributed by atoms with Gasteiger partial charge >= 0.3 is 0 Å². The number of hydrogen-bond acceptors (Lipinski definition) is 3.